The molecule has 2 nitrogen and oxygen atoms in total. The highest BCUT2D eigenvalue weighted by Gasteiger charge is 2.35. The van der Waals surface area contributed by atoms with Gasteiger partial charge in [0, 0.05) is 0 Å². The van der Waals surface area contributed by atoms with Crippen molar-refractivity contribution in [2.45, 2.75) is 206 Å². The number of allylic oxidation sites excluding steroid dienone is 5. The fraction of sp³-hybridized carbons (Fsp3) is 0.825. The number of esters is 1. The van der Waals surface area contributed by atoms with Gasteiger partial charge in [-0.1, -0.05) is 192 Å². The predicted octanol–water partition coefficient (Wildman–Crippen LogP) is 13.9. The second-order valence-electron chi connectivity index (χ2n) is 13.1. The first-order valence-corrected chi connectivity index (χ1v) is 19.0. The molecule has 0 aliphatic carbocycles. The van der Waals surface area contributed by atoms with Crippen molar-refractivity contribution in [1.29, 1.82) is 0 Å². The summed E-state index contributed by atoms with van der Waals surface area (Å²) in [6.45, 7) is 4.58. The molecule has 0 aromatic heterocycles. The van der Waals surface area contributed by atoms with Gasteiger partial charge in [-0.15, -0.1) is 0 Å². The van der Waals surface area contributed by atoms with Gasteiger partial charge in [-0.3, -0.25) is 4.79 Å². The van der Waals surface area contributed by atoms with Crippen LogP contribution < -0.4 is 0 Å². The summed E-state index contributed by atoms with van der Waals surface area (Å²) in [7, 11) is 0. The van der Waals surface area contributed by atoms with Crippen LogP contribution in [0.5, 0.6) is 0 Å². The minimum atomic E-state index is -0.0530. The van der Waals surface area contributed by atoms with Crippen LogP contribution in [0.2, 0.25) is 0 Å². The minimum Gasteiger partial charge on any atom is -0.430 e. The number of cyclic esters (lactones) is 1. The van der Waals surface area contributed by atoms with Gasteiger partial charge in [-0.2, -0.15) is 0 Å². The Bertz CT molecular complexity index is 673. The third-order valence-electron chi connectivity index (χ3n) is 8.96. The molecule has 1 atom stereocenters. The predicted molar refractivity (Wildman–Crippen MR) is 186 cm³/mol. The van der Waals surface area contributed by atoms with Crippen LogP contribution in [0.3, 0.4) is 0 Å². The van der Waals surface area contributed by atoms with Crippen LogP contribution in [-0.2, 0) is 9.53 Å². The van der Waals surface area contributed by atoms with E-state index >= 15 is 0 Å². The summed E-state index contributed by atoms with van der Waals surface area (Å²) >= 11 is 0. The zero-order valence-corrected chi connectivity index (χ0v) is 28.5. The van der Waals surface area contributed by atoms with Gasteiger partial charge in [0.1, 0.15) is 11.7 Å². The van der Waals surface area contributed by atoms with Gasteiger partial charge in [0.25, 0.3) is 0 Å². The number of rotatable bonds is 32. The molecule has 1 unspecified atom stereocenters. The molecule has 0 bridgehead atoms. The highest BCUT2D eigenvalue weighted by molar-refractivity contribution is 5.83. The van der Waals surface area contributed by atoms with Gasteiger partial charge in [0.15, 0.2) is 0 Å². The number of hydrogen-bond acceptors (Lipinski definition) is 2. The summed E-state index contributed by atoms with van der Waals surface area (Å²) in [5.41, 5.74) is 0. The molecule has 0 amide bonds. The van der Waals surface area contributed by atoms with E-state index in [0.29, 0.717) is 0 Å². The number of unbranched alkanes of at least 4 members (excludes halogenated alkanes) is 26. The smallest absolute Gasteiger partial charge is 0.322 e. The Morgan fingerprint density at radius 1 is 0.476 bits per heavy atom. The molecule has 0 aromatic rings. The van der Waals surface area contributed by atoms with Crippen LogP contribution in [0.25, 0.3) is 0 Å². The molecular formula is C40H72O2. The first-order valence-electron chi connectivity index (χ1n) is 19.0. The summed E-state index contributed by atoms with van der Waals surface area (Å²) in [6, 6.07) is 0. The average Bonchev–Trinajstić information content (AvgIpc) is 2.99. The molecule has 1 heterocycles. The Morgan fingerprint density at radius 3 is 1.21 bits per heavy atom. The van der Waals surface area contributed by atoms with Crippen LogP contribution in [0.4, 0.5) is 0 Å². The van der Waals surface area contributed by atoms with Gasteiger partial charge in [-0.05, 0) is 44.6 Å². The van der Waals surface area contributed by atoms with E-state index in [0.717, 1.165) is 25.0 Å². The molecule has 0 saturated carbocycles. The SMILES string of the molecule is CCCCCCCCCCCCCCC/C=C/C/C=C1/OC(=O)C1C/C=C/CCCCCCCCCCCCCCC. The Labute approximate surface area is 263 Å². The molecule has 0 spiro atoms. The van der Waals surface area contributed by atoms with E-state index in [1.807, 2.05) is 0 Å². The molecule has 1 saturated heterocycles. The second kappa shape index (κ2) is 31.1. The first kappa shape index (κ1) is 38.7. The topological polar surface area (TPSA) is 26.3 Å². The standard InChI is InChI=1S/C40H72O2/c1-3-5-7-9-11-13-15-17-19-21-23-25-27-29-31-33-35-37-39-38(40(41)42-39)36-34-32-30-28-26-24-22-20-18-16-14-12-10-8-6-4-2/h31-34,37-38H,3-30,35-36H2,1-2H3/b33-31+,34-32+,39-37+. The summed E-state index contributed by atoms with van der Waals surface area (Å²) in [4.78, 5) is 11.9. The first-order chi connectivity index (χ1) is 20.8. The highest BCUT2D eigenvalue weighted by Crippen LogP contribution is 2.30. The van der Waals surface area contributed by atoms with Gasteiger partial charge in [0.05, 0.1) is 0 Å². The van der Waals surface area contributed by atoms with E-state index in [-0.39, 0.29) is 11.9 Å². The van der Waals surface area contributed by atoms with E-state index in [1.165, 1.54) is 173 Å². The molecule has 2 heteroatoms. The monoisotopic (exact) mass is 585 g/mol. The lowest BCUT2D eigenvalue weighted by Gasteiger charge is -2.26. The van der Waals surface area contributed by atoms with Crippen molar-refractivity contribution in [3.05, 3.63) is 36.1 Å². The maximum absolute atomic E-state index is 11.9. The van der Waals surface area contributed by atoms with Gasteiger partial charge in [-0.25, -0.2) is 0 Å². The quantitative estimate of drug-likeness (QED) is 0.0446. The van der Waals surface area contributed by atoms with Crippen molar-refractivity contribution in [1.82, 2.24) is 0 Å². The average molecular weight is 585 g/mol. The molecule has 1 fully saturated rings. The van der Waals surface area contributed by atoms with E-state index in [2.05, 4.69) is 44.2 Å². The van der Waals surface area contributed by atoms with Crippen molar-refractivity contribution in [2.24, 2.45) is 5.92 Å². The van der Waals surface area contributed by atoms with Crippen molar-refractivity contribution in [2.75, 3.05) is 0 Å². The summed E-state index contributed by atoms with van der Waals surface area (Å²) in [5, 5.41) is 0. The van der Waals surface area contributed by atoms with Crippen LogP contribution in [0.1, 0.15) is 206 Å². The Balaban J connectivity index is 1.90. The van der Waals surface area contributed by atoms with Crippen molar-refractivity contribution in [3.63, 3.8) is 0 Å². The number of hydrogen-bond donors (Lipinski definition) is 0. The lowest BCUT2D eigenvalue weighted by molar-refractivity contribution is -0.156. The molecule has 1 aliphatic heterocycles. The Hall–Kier alpha value is -1.31. The molecular weight excluding hydrogens is 512 g/mol. The number of carbonyl (C=O) groups is 1. The van der Waals surface area contributed by atoms with Crippen LogP contribution in [0.15, 0.2) is 36.1 Å². The number of carbonyl (C=O) groups excluding carboxylic acids is 1. The lowest BCUT2D eigenvalue weighted by atomic mass is 9.96. The Kier molecular flexibility index (Phi) is 28.7. The Morgan fingerprint density at radius 2 is 0.833 bits per heavy atom. The lowest BCUT2D eigenvalue weighted by Crippen LogP contribution is -2.31. The molecule has 42 heavy (non-hydrogen) atoms. The normalized spacial score (nSPS) is 16.2. The second-order valence-corrected chi connectivity index (χ2v) is 13.1. The van der Waals surface area contributed by atoms with Crippen molar-refractivity contribution >= 4 is 5.97 Å². The largest absolute Gasteiger partial charge is 0.430 e. The number of ether oxygens (including phenoxy) is 1. The van der Waals surface area contributed by atoms with E-state index in [1.54, 1.807) is 0 Å². The van der Waals surface area contributed by atoms with Crippen molar-refractivity contribution in [3.8, 4) is 0 Å². The molecule has 0 aromatic carbocycles. The summed E-state index contributed by atoms with van der Waals surface area (Å²) < 4.78 is 5.31. The highest BCUT2D eigenvalue weighted by atomic mass is 16.6. The fourth-order valence-corrected chi connectivity index (χ4v) is 6.02. The fourth-order valence-electron chi connectivity index (χ4n) is 6.02. The molecule has 1 rings (SSSR count). The third-order valence-corrected chi connectivity index (χ3v) is 8.96. The molecule has 0 N–H and O–H groups in total. The molecule has 0 radical (unpaired) electrons. The van der Waals surface area contributed by atoms with Gasteiger partial charge in [0.2, 0.25) is 0 Å². The van der Waals surface area contributed by atoms with Gasteiger partial charge >= 0.3 is 5.97 Å². The summed E-state index contributed by atoms with van der Waals surface area (Å²) in [5.74, 6) is 0.793. The maximum atomic E-state index is 11.9. The van der Waals surface area contributed by atoms with Crippen molar-refractivity contribution < 1.29 is 9.53 Å². The van der Waals surface area contributed by atoms with E-state index in [9.17, 15) is 4.79 Å². The van der Waals surface area contributed by atoms with Crippen LogP contribution in [0, 0.1) is 5.92 Å². The van der Waals surface area contributed by atoms with Crippen LogP contribution >= 0.6 is 0 Å². The minimum absolute atomic E-state index is 0.0395. The van der Waals surface area contributed by atoms with E-state index < -0.39 is 0 Å². The maximum Gasteiger partial charge on any atom is 0.322 e. The summed E-state index contributed by atoms with van der Waals surface area (Å²) in [6.07, 6.45) is 51.6. The third kappa shape index (κ3) is 24.2. The van der Waals surface area contributed by atoms with Gasteiger partial charge < -0.3 is 4.74 Å². The zero-order valence-electron chi connectivity index (χ0n) is 28.5. The van der Waals surface area contributed by atoms with E-state index in [4.69, 9.17) is 4.74 Å². The molecule has 244 valence electrons. The zero-order chi connectivity index (χ0) is 30.2. The van der Waals surface area contributed by atoms with Crippen LogP contribution in [-0.4, -0.2) is 5.97 Å². The molecule has 1 aliphatic rings.